The third-order valence-electron chi connectivity index (χ3n) is 5.38. The van der Waals surface area contributed by atoms with Gasteiger partial charge in [0.05, 0.1) is 35.0 Å². The Labute approximate surface area is 177 Å². The fourth-order valence-corrected chi connectivity index (χ4v) is 3.78. The van der Waals surface area contributed by atoms with Crippen LogP contribution in [0.25, 0.3) is 21.8 Å². The van der Waals surface area contributed by atoms with Crippen molar-refractivity contribution in [3.8, 4) is 11.5 Å². The molecule has 8 nitrogen and oxygen atoms in total. The van der Waals surface area contributed by atoms with Gasteiger partial charge in [-0.25, -0.2) is 4.98 Å². The first kappa shape index (κ1) is 19.3. The van der Waals surface area contributed by atoms with Gasteiger partial charge in [0, 0.05) is 26.0 Å². The zero-order valence-corrected chi connectivity index (χ0v) is 17.0. The number of rotatable bonds is 5. The molecule has 0 radical (unpaired) electrons. The first-order valence-corrected chi connectivity index (χ1v) is 10.0. The Hall–Kier alpha value is -3.65. The number of hydrogen-bond donors (Lipinski definition) is 0. The molecule has 0 N–H and O–H groups in total. The molecule has 1 aromatic carbocycles. The van der Waals surface area contributed by atoms with Gasteiger partial charge in [-0.2, -0.15) is 0 Å². The van der Waals surface area contributed by atoms with Crippen molar-refractivity contribution < 1.29 is 14.2 Å². The third kappa shape index (κ3) is 3.55. The maximum atomic E-state index is 13.2. The van der Waals surface area contributed by atoms with E-state index in [9.17, 15) is 9.59 Å². The first-order chi connectivity index (χ1) is 15.1. The molecule has 0 saturated carbocycles. The summed E-state index contributed by atoms with van der Waals surface area (Å²) in [5.41, 5.74) is 1.65. The van der Waals surface area contributed by atoms with Crippen molar-refractivity contribution >= 4 is 21.8 Å². The van der Waals surface area contributed by atoms with E-state index in [1.807, 2.05) is 18.2 Å². The van der Waals surface area contributed by atoms with Crippen molar-refractivity contribution in [2.45, 2.75) is 13.1 Å². The van der Waals surface area contributed by atoms with Gasteiger partial charge >= 0.3 is 0 Å². The lowest BCUT2D eigenvalue weighted by Crippen LogP contribution is -2.23. The third-order valence-corrected chi connectivity index (χ3v) is 5.38. The van der Waals surface area contributed by atoms with Crippen molar-refractivity contribution in [2.24, 2.45) is 0 Å². The summed E-state index contributed by atoms with van der Waals surface area (Å²) in [6.07, 6.45) is 3.42. The second-order valence-electron chi connectivity index (χ2n) is 7.39. The summed E-state index contributed by atoms with van der Waals surface area (Å²) in [6.45, 7) is 2.27. The van der Waals surface area contributed by atoms with Crippen LogP contribution >= 0.6 is 0 Å². The largest absolute Gasteiger partial charge is 0.486 e. The Kier molecular flexibility index (Phi) is 4.91. The smallest absolute Gasteiger partial charge is 0.260 e. The Morgan fingerprint density at radius 3 is 2.32 bits per heavy atom. The van der Waals surface area contributed by atoms with Gasteiger partial charge in [0.2, 0.25) is 0 Å². The van der Waals surface area contributed by atoms with Crippen molar-refractivity contribution in [3.05, 3.63) is 75.1 Å². The van der Waals surface area contributed by atoms with E-state index in [1.54, 1.807) is 46.8 Å². The van der Waals surface area contributed by atoms with E-state index in [2.05, 4.69) is 4.98 Å². The van der Waals surface area contributed by atoms with Gasteiger partial charge in [0.25, 0.3) is 11.1 Å². The molecule has 4 heterocycles. The summed E-state index contributed by atoms with van der Waals surface area (Å²) >= 11 is 0. The van der Waals surface area contributed by atoms with Crippen molar-refractivity contribution in [3.63, 3.8) is 0 Å². The second-order valence-corrected chi connectivity index (χ2v) is 7.39. The molecular formula is C23H21N3O5. The van der Waals surface area contributed by atoms with Crippen LogP contribution in [-0.2, 0) is 17.8 Å². The summed E-state index contributed by atoms with van der Waals surface area (Å²) in [4.78, 5) is 30.5. The molecule has 4 aromatic rings. The van der Waals surface area contributed by atoms with Gasteiger partial charge in [-0.1, -0.05) is 6.07 Å². The number of fused-ring (bicyclic) bond motifs is 3. The molecule has 0 fully saturated rings. The predicted octanol–water partition coefficient (Wildman–Crippen LogP) is 2.18. The summed E-state index contributed by atoms with van der Waals surface area (Å²) < 4.78 is 19.4. The van der Waals surface area contributed by atoms with Crippen LogP contribution in [0.15, 0.2) is 58.4 Å². The van der Waals surface area contributed by atoms with E-state index in [0.717, 1.165) is 5.56 Å². The lowest BCUT2D eigenvalue weighted by atomic mass is 10.1. The van der Waals surface area contributed by atoms with E-state index in [-0.39, 0.29) is 11.1 Å². The first-order valence-electron chi connectivity index (χ1n) is 10.0. The number of ether oxygens (including phenoxy) is 3. The minimum absolute atomic E-state index is 0.189. The van der Waals surface area contributed by atoms with Gasteiger partial charge in [0.1, 0.15) is 13.2 Å². The maximum absolute atomic E-state index is 13.2. The Bertz CT molecular complexity index is 1410. The molecular weight excluding hydrogens is 398 g/mol. The normalized spacial score (nSPS) is 13.1. The van der Waals surface area contributed by atoms with Gasteiger partial charge in [-0.3, -0.25) is 9.59 Å². The number of nitrogens with zero attached hydrogens (tertiary/aromatic N) is 3. The van der Waals surface area contributed by atoms with Crippen LogP contribution in [0.1, 0.15) is 5.56 Å². The van der Waals surface area contributed by atoms with E-state index in [0.29, 0.717) is 66.2 Å². The molecule has 0 bridgehead atoms. The van der Waals surface area contributed by atoms with Crippen molar-refractivity contribution in [1.29, 1.82) is 0 Å². The van der Waals surface area contributed by atoms with Gasteiger partial charge in [-0.15, -0.1) is 0 Å². The van der Waals surface area contributed by atoms with E-state index < -0.39 is 0 Å². The highest BCUT2D eigenvalue weighted by molar-refractivity contribution is 5.91. The van der Waals surface area contributed by atoms with Crippen LogP contribution < -0.4 is 20.6 Å². The summed E-state index contributed by atoms with van der Waals surface area (Å²) in [5, 5.41) is 0.828. The van der Waals surface area contributed by atoms with Crippen molar-refractivity contribution in [1.82, 2.24) is 14.1 Å². The van der Waals surface area contributed by atoms with E-state index in [4.69, 9.17) is 14.2 Å². The number of benzene rings is 1. The molecule has 158 valence electrons. The Balaban J connectivity index is 1.56. The molecule has 1 aliphatic rings. The lowest BCUT2D eigenvalue weighted by molar-refractivity contribution is 0.171. The number of hydrogen-bond acceptors (Lipinski definition) is 6. The minimum Gasteiger partial charge on any atom is -0.486 e. The minimum atomic E-state index is -0.200. The molecule has 0 aliphatic carbocycles. The summed E-state index contributed by atoms with van der Waals surface area (Å²) in [5.74, 6) is 1.39. The standard InChI is InChI=1S/C23H21N3O5/c1-29-9-8-25-6-4-18-16(22(25)27)13-17-19(24-18)5-7-26(23(17)28)14-15-2-3-20-21(12-15)31-11-10-30-20/h2-7,12-13H,8-11,14H2,1H3. The van der Waals surface area contributed by atoms with E-state index >= 15 is 0 Å². The molecule has 0 unspecified atom stereocenters. The number of aromatic nitrogens is 3. The molecule has 1 aliphatic heterocycles. The maximum Gasteiger partial charge on any atom is 0.260 e. The summed E-state index contributed by atoms with van der Waals surface area (Å²) in [6, 6.07) is 10.9. The molecule has 3 aromatic heterocycles. The monoisotopic (exact) mass is 419 g/mol. The van der Waals surface area contributed by atoms with Crippen LogP contribution in [0.5, 0.6) is 11.5 Å². The highest BCUT2D eigenvalue weighted by Gasteiger charge is 2.13. The lowest BCUT2D eigenvalue weighted by Gasteiger charge is -2.19. The fraction of sp³-hybridized carbons (Fsp3) is 0.261. The highest BCUT2D eigenvalue weighted by Crippen LogP contribution is 2.30. The molecule has 5 rings (SSSR count). The second kappa shape index (κ2) is 7.88. The molecule has 8 heteroatoms. The molecule has 0 atom stereocenters. The Morgan fingerprint density at radius 2 is 1.58 bits per heavy atom. The zero-order valence-electron chi connectivity index (χ0n) is 17.0. The Morgan fingerprint density at radius 1 is 0.903 bits per heavy atom. The van der Waals surface area contributed by atoms with Crippen LogP contribution in [0, 0.1) is 0 Å². The molecule has 0 spiro atoms. The van der Waals surface area contributed by atoms with Crippen LogP contribution in [0.2, 0.25) is 0 Å². The summed E-state index contributed by atoms with van der Waals surface area (Å²) in [7, 11) is 1.59. The molecule has 0 saturated heterocycles. The van der Waals surface area contributed by atoms with Crippen LogP contribution in [-0.4, -0.2) is 41.0 Å². The fourth-order valence-electron chi connectivity index (χ4n) is 3.78. The number of methoxy groups -OCH3 is 1. The number of pyridine rings is 3. The predicted molar refractivity (Wildman–Crippen MR) is 116 cm³/mol. The van der Waals surface area contributed by atoms with Gasteiger partial charge in [0.15, 0.2) is 11.5 Å². The topological polar surface area (TPSA) is 84.6 Å². The average molecular weight is 419 g/mol. The van der Waals surface area contributed by atoms with Crippen LogP contribution in [0.4, 0.5) is 0 Å². The van der Waals surface area contributed by atoms with Crippen molar-refractivity contribution in [2.75, 3.05) is 26.9 Å². The quantitative estimate of drug-likeness (QED) is 0.461. The van der Waals surface area contributed by atoms with E-state index in [1.165, 1.54) is 0 Å². The molecule has 31 heavy (non-hydrogen) atoms. The highest BCUT2D eigenvalue weighted by atomic mass is 16.6. The van der Waals surface area contributed by atoms with Gasteiger partial charge < -0.3 is 23.3 Å². The molecule has 0 amide bonds. The van der Waals surface area contributed by atoms with Gasteiger partial charge in [-0.05, 0) is 35.9 Å². The van der Waals surface area contributed by atoms with Crippen LogP contribution in [0.3, 0.4) is 0 Å². The average Bonchev–Trinajstić information content (AvgIpc) is 2.80. The SMILES string of the molecule is COCCn1ccc2nc3ccn(Cc4ccc5c(c4)OCCO5)c(=O)c3cc2c1=O. The zero-order chi connectivity index (χ0) is 21.4.